The van der Waals surface area contributed by atoms with Crippen molar-refractivity contribution in [1.29, 1.82) is 0 Å². The third-order valence-electron chi connectivity index (χ3n) is 5.64. The number of likely N-dealkylation sites (tertiary alicyclic amines) is 1. The quantitative estimate of drug-likeness (QED) is 0.678. The summed E-state index contributed by atoms with van der Waals surface area (Å²) in [6.45, 7) is 4.55. The van der Waals surface area contributed by atoms with Crippen LogP contribution in [0.1, 0.15) is 67.3 Å². The molecule has 0 aromatic heterocycles. The van der Waals surface area contributed by atoms with Crippen molar-refractivity contribution >= 4 is 5.97 Å². The molecule has 0 aliphatic carbocycles. The van der Waals surface area contributed by atoms with Crippen molar-refractivity contribution in [2.24, 2.45) is 0 Å². The smallest absolute Gasteiger partial charge is 0.416 e. The number of benzene rings is 2. The molecule has 2 aromatic carbocycles. The van der Waals surface area contributed by atoms with Crippen LogP contribution in [0.5, 0.6) is 0 Å². The number of carbonyl (C=O) groups is 1. The number of hydrogen-bond acceptors (Lipinski definition) is 2. The van der Waals surface area contributed by atoms with Crippen LogP contribution in [0.2, 0.25) is 0 Å². The summed E-state index contributed by atoms with van der Waals surface area (Å²) in [5.41, 5.74) is 1.15. The minimum atomic E-state index is -4.51. The van der Waals surface area contributed by atoms with E-state index in [-0.39, 0.29) is 5.56 Å². The minimum absolute atomic E-state index is 0.102. The molecule has 1 aliphatic heterocycles. The Morgan fingerprint density at radius 2 is 1.66 bits per heavy atom. The summed E-state index contributed by atoms with van der Waals surface area (Å²) in [6, 6.07) is 11.4. The number of carboxylic acids is 1. The first-order valence-electron chi connectivity index (χ1n) is 9.94. The van der Waals surface area contributed by atoms with Crippen LogP contribution in [0, 0.1) is 0 Å². The summed E-state index contributed by atoms with van der Waals surface area (Å²) in [4.78, 5) is 13.6. The van der Waals surface area contributed by atoms with Crippen LogP contribution in [0.3, 0.4) is 0 Å². The highest BCUT2D eigenvalue weighted by Crippen LogP contribution is 2.41. The standard InChI is InChI=1S/C23H26F3NO2/c1-15(2)16-10-12-17(13-11-16)21(27-14-6-5-9-20(27)22(28)29)18-7-3-4-8-19(18)23(24,25)26/h3-4,7-8,10-13,15,20-21H,5-6,9,14H2,1-2H3,(H,28,29). The van der Waals surface area contributed by atoms with E-state index in [9.17, 15) is 23.1 Å². The Hall–Kier alpha value is -2.34. The van der Waals surface area contributed by atoms with Crippen molar-refractivity contribution in [2.75, 3.05) is 6.54 Å². The predicted molar refractivity (Wildman–Crippen MR) is 106 cm³/mol. The van der Waals surface area contributed by atoms with Gasteiger partial charge in [-0.15, -0.1) is 0 Å². The number of hydrogen-bond donors (Lipinski definition) is 1. The first-order chi connectivity index (χ1) is 13.7. The number of nitrogens with zero attached hydrogens (tertiary/aromatic N) is 1. The first-order valence-corrected chi connectivity index (χ1v) is 9.94. The molecular weight excluding hydrogens is 379 g/mol. The van der Waals surface area contributed by atoms with Crippen molar-refractivity contribution in [3.63, 3.8) is 0 Å². The Morgan fingerprint density at radius 1 is 1.03 bits per heavy atom. The Morgan fingerprint density at radius 3 is 2.24 bits per heavy atom. The zero-order valence-corrected chi connectivity index (χ0v) is 16.6. The van der Waals surface area contributed by atoms with Crippen LogP contribution in [-0.4, -0.2) is 28.6 Å². The van der Waals surface area contributed by atoms with E-state index in [2.05, 4.69) is 13.8 Å². The monoisotopic (exact) mass is 405 g/mol. The van der Waals surface area contributed by atoms with Gasteiger partial charge in [0.2, 0.25) is 0 Å². The number of carboxylic acid groups (broad SMARTS) is 1. The van der Waals surface area contributed by atoms with E-state index in [4.69, 9.17) is 0 Å². The van der Waals surface area contributed by atoms with E-state index in [0.29, 0.717) is 24.4 Å². The SMILES string of the molecule is CC(C)c1ccc(C(c2ccccc2C(F)(F)F)N2CCCCC2C(=O)O)cc1. The van der Waals surface area contributed by atoms with Crippen LogP contribution < -0.4 is 0 Å². The molecule has 3 nitrogen and oxygen atoms in total. The van der Waals surface area contributed by atoms with Crippen LogP contribution in [-0.2, 0) is 11.0 Å². The average Bonchev–Trinajstić information content (AvgIpc) is 2.68. The van der Waals surface area contributed by atoms with Gasteiger partial charge in [-0.2, -0.15) is 13.2 Å². The van der Waals surface area contributed by atoms with Gasteiger partial charge in [-0.05, 0) is 48.1 Å². The van der Waals surface area contributed by atoms with Gasteiger partial charge in [0.15, 0.2) is 0 Å². The number of aliphatic carboxylic acids is 1. The van der Waals surface area contributed by atoms with E-state index in [1.54, 1.807) is 11.0 Å². The molecule has 1 N–H and O–H groups in total. The van der Waals surface area contributed by atoms with Crippen molar-refractivity contribution < 1.29 is 23.1 Å². The second-order valence-corrected chi connectivity index (χ2v) is 7.90. The number of piperidine rings is 1. The highest BCUT2D eigenvalue weighted by molar-refractivity contribution is 5.73. The third-order valence-corrected chi connectivity index (χ3v) is 5.64. The molecule has 2 unspecified atom stereocenters. The topological polar surface area (TPSA) is 40.5 Å². The highest BCUT2D eigenvalue weighted by atomic mass is 19.4. The second-order valence-electron chi connectivity index (χ2n) is 7.90. The van der Waals surface area contributed by atoms with Gasteiger partial charge in [-0.1, -0.05) is 62.7 Å². The lowest BCUT2D eigenvalue weighted by Crippen LogP contribution is -2.47. The predicted octanol–water partition coefficient (Wildman–Crippen LogP) is 5.86. The van der Waals surface area contributed by atoms with Crippen molar-refractivity contribution in [1.82, 2.24) is 4.90 Å². The fraction of sp³-hybridized carbons (Fsp3) is 0.435. The molecule has 3 rings (SSSR count). The van der Waals surface area contributed by atoms with Crippen LogP contribution in [0.4, 0.5) is 13.2 Å². The molecule has 2 atom stereocenters. The number of alkyl halides is 3. The summed E-state index contributed by atoms with van der Waals surface area (Å²) < 4.78 is 41.3. The molecule has 0 amide bonds. The van der Waals surface area contributed by atoms with E-state index >= 15 is 0 Å². The fourth-order valence-corrected chi connectivity index (χ4v) is 4.13. The van der Waals surface area contributed by atoms with Gasteiger partial charge < -0.3 is 5.11 Å². The van der Waals surface area contributed by atoms with Gasteiger partial charge in [-0.25, -0.2) is 0 Å². The van der Waals surface area contributed by atoms with Crippen LogP contribution in [0.15, 0.2) is 48.5 Å². The molecule has 1 fully saturated rings. The van der Waals surface area contributed by atoms with Gasteiger partial charge in [0.05, 0.1) is 11.6 Å². The lowest BCUT2D eigenvalue weighted by atomic mass is 9.88. The highest BCUT2D eigenvalue weighted by Gasteiger charge is 2.40. The molecule has 156 valence electrons. The zero-order chi connectivity index (χ0) is 21.2. The lowest BCUT2D eigenvalue weighted by molar-refractivity contribution is -0.145. The number of rotatable bonds is 5. The molecule has 0 saturated carbocycles. The Labute approximate surface area is 169 Å². The normalized spacial score (nSPS) is 19.3. The Kier molecular flexibility index (Phi) is 6.32. The van der Waals surface area contributed by atoms with Gasteiger partial charge in [0.1, 0.15) is 6.04 Å². The molecule has 1 saturated heterocycles. The maximum Gasteiger partial charge on any atom is 0.416 e. The first kappa shape index (κ1) is 21.4. The largest absolute Gasteiger partial charge is 0.480 e. The average molecular weight is 405 g/mol. The molecule has 2 aromatic rings. The summed E-state index contributed by atoms with van der Waals surface area (Å²) >= 11 is 0. The van der Waals surface area contributed by atoms with E-state index in [1.165, 1.54) is 12.1 Å². The summed E-state index contributed by atoms with van der Waals surface area (Å²) in [6.07, 6.45) is -2.56. The van der Waals surface area contributed by atoms with Crippen molar-refractivity contribution in [3.05, 3.63) is 70.8 Å². The molecule has 1 aliphatic rings. The van der Waals surface area contributed by atoms with Gasteiger partial charge in [0, 0.05) is 0 Å². The Balaban J connectivity index is 2.16. The van der Waals surface area contributed by atoms with Crippen molar-refractivity contribution in [2.45, 2.75) is 57.3 Å². The second kappa shape index (κ2) is 8.57. The maximum atomic E-state index is 13.8. The molecule has 29 heavy (non-hydrogen) atoms. The van der Waals surface area contributed by atoms with Gasteiger partial charge >= 0.3 is 12.1 Å². The molecule has 0 spiro atoms. The van der Waals surface area contributed by atoms with Crippen LogP contribution >= 0.6 is 0 Å². The van der Waals surface area contributed by atoms with E-state index in [1.807, 2.05) is 24.3 Å². The zero-order valence-electron chi connectivity index (χ0n) is 16.6. The summed E-state index contributed by atoms with van der Waals surface area (Å²) in [5, 5.41) is 9.73. The van der Waals surface area contributed by atoms with Crippen molar-refractivity contribution in [3.8, 4) is 0 Å². The maximum absolute atomic E-state index is 13.8. The molecule has 0 bridgehead atoms. The summed E-state index contributed by atoms with van der Waals surface area (Å²) in [5.74, 6) is -0.690. The third kappa shape index (κ3) is 4.64. The van der Waals surface area contributed by atoms with E-state index < -0.39 is 29.8 Å². The van der Waals surface area contributed by atoms with Crippen LogP contribution in [0.25, 0.3) is 0 Å². The minimum Gasteiger partial charge on any atom is -0.480 e. The lowest BCUT2D eigenvalue weighted by Gasteiger charge is -2.40. The molecule has 6 heteroatoms. The fourth-order valence-electron chi connectivity index (χ4n) is 4.13. The number of halogens is 3. The molecular formula is C23H26F3NO2. The summed E-state index contributed by atoms with van der Waals surface area (Å²) in [7, 11) is 0. The van der Waals surface area contributed by atoms with E-state index in [0.717, 1.165) is 24.5 Å². The Bertz CT molecular complexity index is 846. The molecule has 1 heterocycles. The van der Waals surface area contributed by atoms with Gasteiger partial charge in [0.25, 0.3) is 0 Å². The van der Waals surface area contributed by atoms with Gasteiger partial charge in [-0.3, -0.25) is 9.69 Å². The molecule has 0 radical (unpaired) electrons.